The molecule has 1 aromatic carbocycles. The number of ether oxygens (including phenoxy) is 2. The molecule has 2 rings (SSSR count). The molecule has 1 N–H and O–H groups in total. The highest BCUT2D eigenvalue weighted by atomic mass is 32.1. The molecule has 0 saturated heterocycles. The maximum Gasteiger partial charge on any atom is 0.273 e. The van der Waals surface area contributed by atoms with E-state index < -0.39 is 0 Å². The molecule has 0 atom stereocenters. The molecule has 7 heteroatoms. The number of thiazole rings is 1. The van der Waals surface area contributed by atoms with Crippen molar-refractivity contribution in [3.05, 3.63) is 40.3 Å². The summed E-state index contributed by atoms with van der Waals surface area (Å²) in [6.45, 7) is 0.399. The van der Waals surface area contributed by atoms with Crippen LogP contribution in [0.4, 0.5) is 0 Å². The zero-order valence-electron chi connectivity index (χ0n) is 12.5. The van der Waals surface area contributed by atoms with Gasteiger partial charge in [-0.25, -0.2) is 4.98 Å². The van der Waals surface area contributed by atoms with Gasteiger partial charge >= 0.3 is 0 Å². The number of aromatic nitrogens is 1. The Bertz CT molecular complexity index is 616. The minimum absolute atomic E-state index is 0.123. The lowest BCUT2D eigenvalue weighted by Gasteiger charge is -2.22. The normalized spacial score (nSPS) is 10.3. The van der Waals surface area contributed by atoms with Crippen molar-refractivity contribution in [1.29, 1.82) is 0 Å². The number of rotatable bonds is 7. The van der Waals surface area contributed by atoms with Crippen LogP contribution in [-0.2, 0) is 6.54 Å². The van der Waals surface area contributed by atoms with Gasteiger partial charge in [0.2, 0.25) is 0 Å². The molecular weight excluding hydrogens is 304 g/mol. The zero-order valence-corrected chi connectivity index (χ0v) is 13.3. The van der Waals surface area contributed by atoms with Crippen molar-refractivity contribution in [2.45, 2.75) is 6.54 Å². The molecule has 0 bridgehead atoms. The first kappa shape index (κ1) is 16.3. The van der Waals surface area contributed by atoms with E-state index in [1.807, 2.05) is 6.07 Å². The maximum absolute atomic E-state index is 12.4. The summed E-state index contributed by atoms with van der Waals surface area (Å²) in [4.78, 5) is 18.0. The molecule has 0 unspecified atom stereocenters. The first-order chi connectivity index (χ1) is 10.7. The number of nitrogens with zero attached hydrogens (tertiary/aromatic N) is 2. The van der Waals surface area contributed by atoms with Crippen LogP contribution in [0, 0.1) is 0 Å². The summed E-state index contributed by atoms with van der Waals surface area (Å²) in [5.41, 5.74) is 2.79. The number of carbonyl (C=O) groups excluding carboxylic acids is 1. The Morgan fingerprint density at radius 3 is 2.77 bits per heavy atom. The van der Waals surface area contributed by atoms with Crippen LogP contribution in [0.1, 0.15) is 16.1 Å². The number of hydrogen-bond donors (Lipinski definition) is 1. The van der Waals surface area contributed by atoms with E-state index in [1.54, 1.807) is 37.2 Å². The van der Waals surface area contributed by atoms with Crippen LogP contribution in [0.5, 0.6) is 11.5 Å². The second kappa shape index (κ2) is 7.77. The van der Waals surface area contributed by atoms with Crippen molar-refractivity contribution in [2.75, 3.05) is 27.4 Å². The summed E-state index contributed by atoms with van der Waals surface area (Å²) in [6, 6.07) is 5.40. The molecule has 0 saturated carbocycles. The maximum atomic E-state index is 12.4. The van der Waals surface area contributed by atoms with Crippen molar-refractivity contribution in [2.24, 2.45) is 0 Å². The van der Waals surface area contributed by atoms with E-state index in [4.69, 9.17) is 9.47 Å². The number of benzene rings is 1. The second-order valence-electron chi connectivity index (χ2n) is 4.50. The zero-order chi connectivity index (χ0) is 15.9. The quantitative estimate of drug-likeness (QED) is 0.841. The summed E-state index contributed by atoms with van der Waals surface area (Å²) < 4.78 is 10.5. The number of hydrogen-bond acceptors (Lipinski definition) is 6. The van der Waals surface area contributed by atoms with E-state index in [9.17, 15) is 9.90 Å². The van der Waals surface area contributed by atoms with Gasteiger partial charge in [-0.1, -0.05) is 0 Å². The fraction of sp³-hybridized carbons (Fsp3) is 0.333. The topological polar surface area (TPSA) is 71.9 Å². The van der Waals surface area contributed by atoms with Crippen molar-refractivity contribution >= 4 is 17.2 Å². The lowest BCUT2D eigenvalue weighted by Crippen LogP contribution is -2.33. The van der Waals surface area contributed by atoms with E-state index in [2.05, 4.69) is 4.98 Å². The molecule has 1 amide bonds. The van der Waals surface area contributed by atoms with Gasteiger partial charge in [-0.3, -0.25) is 4.79 Å². The molecule has 6 nitrogen and oxygen atoms in total. The molecule has 0 aliphatic carbocycles. The largest absolute Gasteiger partial charge is 0.497 e. The molecule has 118 valence electrons. The molecule has 0 radical (unpaired) electrons. The highest BCUT2D eigenvalue weighted by Crippen LogP contribution is 2.25. The van der Waals surface area contributed by atoms with Crippen LogP contribution in [0.25, 0.3) is 0 Å². The molecule has 1 heterocycles. The standard InChI is InChI=1S/C15H18N2O4S/c1-20-12-3-4-14(21-2)11(7-12)8-17(5-6-18)15(19)13-9-22-10-16-13/h3-4,7,9-10,18H,5-6,8H2,1-2H3. The van der Waals surface area contributed by atoms with Crippen molar-refractivity contribution in [3.8, 4) is 11.5 Å². The van der Waals surface area contributed by atoms with Gasteiger partial charge in [0, 0.05) is 24.0 Å². The van der Waals surface area contributed by atoms with Gasteiger partial charge in [0.15, 0.2) is 0 Å². The molecule has 2 aromatic rings. The fourth-order valence-corrected chi connectivity index (χ4v) is 2.59. The van der Waals surface area contributed by atoms with Gasteiger partial charge in [0.25, 0.3) is 5.91 Å². The Hall–Kier alpha value is -2.12. The first-order valence-electron chi connectivity index (χ1n) is 6.68. The third-order valence-electron chi connectivity index (χ3n) is 3.16. The van der Waals surface area contributed by atoms with Crippen molar-refractivity contribution < 1.29 is 19.4 Å². The molecule has 1 aromatic heterocycles. The summed E-state index contributed by atoms with van der Waals surface area (Å²) in [5.74, 6) is 1.12. The van der Waals surface area contributed by atoms with Crippen LogP contribution in [0.2, 0.25) is 0 Å². The predicted molar refractivity (Wildman–Crippen MR) is 83.5 cm³/mol. The number of carbonyl (C=O) groups is 1. The molecule has 0 fully saturated rings. The third-order valence-corrected chi connectivity index (χ3v) is 3.74. The Labute approximate surface area is 132 Å². The highest BCUT2D eigenvalue weighted by molar-refractivity contribution is 7.07. The number of aliphatic hydroxyl groups is 1. The second-order valence-corrected chi connectivity index (χ2v) is 5.22. The third kappa shape index (κ3) is 3.75. The summed E-state index contributed by atoms with van der Waals surface area (Å²) in [6.07, 6.45) is 0. The number of aliphatic hydroxyl groups excluding tert-OH is 1. The molecule has 0 aliphatic heterocycles. The van der Waals surface area contributed by atoms with Crippen LogP contribution in [0.3, 0.4) is 0 Å². The van der Waals surface area contributed by atoms with Gasteiger partial charge < -0.3 is 19.5 Å². The summed E-state index contributed by atoms with van der Waals surface area (Å²) in [5, 5.41) is 10.9. The van der Waals surface area contributed by atoms with Crippen molar-refractivity contribution in [1.82, 2.24) is 9.88 Å². The van der Waals surface area contributed by atoms with Crippen LogP contribution in [-0.4, -0.2) is 48.3 Å². The minimum Gasteiger partial charge on any atom is -0.497 e. The van der Waals surface area contributed by atoms with E-state index in [0.29, 0.717) is 23.7 Å². The molecule has 0 aliphatic rings. The average Bonchev–Trinajstić information content (AvgIpc) is 3.08. The monoisotopic (exact) mass is 322 g/mol. The Kier molecular flexibility index (Phi) is 5.74. The van der Waals surface area contributed by atoms with E-state index in [0.717, 1.165) is 5.56 Å². The van der Waals surface area contributed by atoms with Crippen LogP contribution in [0.15, 0.2) is 29.1 Å². The first-order valence-corrected chi connectivity index (χ1v) is 7.63. The Morgan fingerprint density at radius 1 is 1.36 bits per heavy atom. The summed E-state index contributed by atoms with van der Waals surface area (Å²) >= 11 is 1.36. The SMILES string of the molecule is COc1ccc(OC)c(CN(CCO)C(=O)c2cscn2)c1. The number of amides is 1. The molecular formula is C15H18N2O4S. The lowest BCUT2D eigenvalue weighted by molar-refractivity contribution is 0.0701. The summed E-state index contributed by atoms with van der Waals surface area (Å²) in [7, 11) is 3.15. The van der Waals surface area contributed by atoms with Crippen LogP contribution < -0.4 is 9.47 Å². The Morgan fingerprint density at radius 2 is 2.18 bits per heavy atom. The van der Waals surface area contributed by atoms with E-state index in [1.165, 1.54) is 16.2 Å². The van der Waals surface area contributed by atoms with Crippen molar-refractivity contribution in [3.63, 3.8) is 0 Å². The smallest absolute Gasteiger partial charge is 0.273 e. The Balaban J connectivity index is 2.25. The van der Waals surface area contributed by atoms with E-state index >= 15 is 0 Å². The molecule has 22 heavy (non-hydrogen) atoms. The van der Waals surface area contributed by atoms with Gasteiger partial charge in [0.05, 0.1) is 26.3 Å². The van der Waals surface area contributed by atoms with Gasteiger partial charge in [0.1, 0.15) is 17.2 Å². The van der Waals surface area contributed by atoms with Crippen LogP contribution >= 0.6 is 11.3 Å². The molecule has 0 spiro atoms. The van der Waals surface area contributed by atoms with Gasteiger partial charge in [-0.05, 0) is 18.2 Å². The lowest BCUT2D eigenvalue weighted by atomic mass is 10.1. The minimum atomic E-state index is -0.222. The average molecular weight is 322 g/mol. The number of methoxy groups -OCH3 is 2. The fourth-order valence-electron chi connectivity index (χ4n) is 2.06. The van der Waals surface area contributed by atoms with E-state index in [-0.39, 0.29) is 19.1 Å². The van der Waals surface area contributed by atoms with Gasteiger partial charge in [-0.15, -0.1) is 11.3 Å². The predicted octanol–water partition coefficient (Wildman–Crippen LogP) is 1.79. The van der Waals surface area contributed by atoms with Gasteiger partial charge in [-0.2, -0.15) is 0 Å². The highest BCUT2D eigenvalue weighted by Gasteiger charge is 2.19.